The van der Waals surface area contributed by atoms with Gasteiger partial charge in [0.1, 0.15) is 0 Å². The van der Waals surface area contributed by atoms with Gasteiger partial charge in [-0.1, -0.05) is 35.3 Å². The minimum absolute atomic E-state index is 0.540. The largest absolute Gasteiger partial charge is 0.358 e. The summed E-state index contributed by atoms with van der Waals surface area (Å²) >= 11 is 13.4. The number of hydrogen-bond acceptors (Lipinski definition) is 3. The number of aromatic nitrogens is 1. The Hall–Kier alpha value is -1.03. The first-order chi connectivity index (χ1) is 8.20. The molecular weight excluding hydrogens is 275 g/mol. The summed E-state index contributed by atoms with van der Waals surface area (Å²) in [5.74, 6) is 0. The van der Waals surface area contributed by atoms with Crippen molar-refractivity contribution in [1.82, 2.24) is 4.98 Å². The number of benzene rings is 1. The molecule has 0 saturated heterocycles. The molecule has 0 aliphatic heterocycles. The second kappa shape index (κ2) is 5.54. The Bertz CT molecular complexity index is 537. The zero-order valence-electron chi connectivity index (χ0n) is 8.91. The van der Waals surface area contributed by atoms with Crippen LogP contribution in [-0.2, 0) is 0 Å². The molecule has 0 atom stereocenters. The molecule has 2 aromatic rings. The van der Waals surface area contributed by atoms with Gasteiger partial charge < -0.3 is 5.32 Å². The van der Waals surface area contributed by atoms with Crippen molar-refractivity contribution in [2.24, 2.45) is 0 Å². The van der Waals surface area contributed by atoms with Gasteiger partial charge in [0.15, 0.2) is 5.13 Å². The first-order valence-corrected chi connectivity index (χ1v) is 6.60. The third-order valence-corrected chi connectivity index (χ3v) is 3.66. The van der Waals surface area contributed by atoms with Crippen LogP contribution in [0.15, 0.2) is 36.2 Å². The van der Waals surface area contributed by atoms with Crippen LogP contribution in [0.4, 0.5) is 5.13 Å². The number of hydrogen-bond donors (Lipinski definition) is 1. The predicted molar refractivity (Wildman–Crippen MR) is 76.3 cm³/mol. The van der Waals surface area contributed by atoms with Gasteiger partial charge in [0, 0.05) is 17.5 Å². The number of anilines is 1. The quantitative estimate of drug-likeness (QED) is 0.822. The van der Waals surface area contributed by atoms with Crippen LogP contribution < -0.4 is 5.32 Å². The fourth-order valence-corrected chi connectivity index (χ4v) is 2.33. The molecule has 17 heavy (non-hydrogen) atoms. The average Bonchev–Trinajstić information content (AvgIpc) is 2.79. The molecule has 0 aliphatic rings. The van der Waals surface area contributed by atoms with E-state index < -0.39 is 0 Å². The number of halogens is 2. The molecule has 5 heteroatoms. The Morgan fingerprint density at radius 3 is 2.88 bits per heavy atom. The second-order valence-corrected chi connectivity index (χ2v) is 5.01. The van der Waals surface area contributed by atoms with Gasteiger partial charge in [-0.2, -0.15) is 0 Å². The lowest BCUT2D eigenvalue weighted by molar-refractivity contribution is 1.29. The molecule has 88 valence electrons. The van der Waals surface area contributed by atoms with Crippen molar-refractivity contribution in [2.45, 2.75) is 0 Å². The van der Waals surface area contributed by atoms with E-state index in [0.29, 0.717) is 16.6 Å². The summed E-state index contributed by atoms with van der Waals surface area (Å²) in [6.07, 6.45) is 1.79. The van der Waals surface area contributed by atoms with E-state index in [2.05, 4.69) is 16.9 Å². The van der Waals surface area contributed by atoms with Crippen LogP contribution in [0.2, 0.25) is 10.0 Å². The van der Waals surface area contributed by atoms with Crippen LogP contribution in [0, 0.1) is 0 Å². The molecule has 1 heterocycles. The minimum atomic E-state index is 0.540. The summed E-state index contributed by atoms with van der Waals surface area (Å²) in [7, 11) is 0. The highest BCUT2D eigenvalue weighted by atomic mass is 35.5. The molecule has 2 rings (SSSR count). The van der Waals surface area contributed by atoms with Gasteiger partial charge in [0.2, 0.25) is 0 Å². The lowest BCUT2D eigenvalue weighted by Gasteiger charge is -1.99. The van der Waals surface area contributed by atoms with Crippen molar-refractivity contribution < 1.29 is 0 Å². The summed E-state index contributed by atoms with van der Waals surface area (Å²) in [6.45, 7) is 4.35. The smallest absolute Gasteiger partial charge is 0.183 e. The molecule has 0 bridgehead atoms. The van der Waals surface area contributed by atoms with Crippen molar-refractivity contribution in [2.75, 3.05) is 11.9 Å². The monoisotopic (exact) mass is 284 g/mol. The molecule has 1 aromatic carbocycles. The van der Waals surface area contributed by atoms with Gasteiger partial charge in [-0.05, 0) is 12.1 Å². The molecule has 1 N–H and O–H groups in total. The summed E-state index contributed by atoms with van der Waals surface area (Å²) < 4.78 is 0. The topological polar surface area (TPSA) is 24.9 Å². The van der Waals surface area contributed by atoms with Gasteiger partial charge in [-0.25, -0.2) is 4.98 Å². The average molecular weight is 285 g/mol. The molecule has 0 spiro atoms. The van der Waals surface area contributed by atoms with E-state index in [9.17, 15) is 0 Å². The van der Waals surface area contributed by atoms with Gasteiger partial charge in [0.05, 0.1) is 15.7 Å². The standard InChI is InChI=1S/C12H10Cl2N2S/c1-2-5-15-12-16-11(7-17-12)8-3-4-9(13)10(14)6-8/h2-4,6-7H,1,5H2,(H,15,16). The normalized spacial score (nSPS) is 10.2. The van der Waals surface area contributed by atoms with Crippen LogP contribution in [0.1, 0.15) is 0 Å². The molecule has 0 radical (unpaired) electrons. The summed E-state index contributed by atoms with van der Waals surface area (Å²) in [6, 6.07) is 5.49. The van der Waals surface area contributed by atoms with Gasteiger partial charge in [-0.3, -0.25) is 0 Å². The molecule has 0 amide bonds. The minimum Gasteiger partial charge on any atom is -0.358 e. The molecular formula is C12H10Cl2N2S. The Labute approximate surface area is 114 Å². The van der Waals surface area contributed by atoms with Crippen LogP contribution in [0.3, 0.4) is 0 Å². The van der Waals surface area contributed by atoms with Crippen molar-refractivity contribution in [3.05, 3.63) is 46.3 Å². The van der Waals surface area contributed by atoms with Crippen molar-refractivity contribution >= 4 is 39.7 Å². The number of rotatable bonds is 4. The van der Waals surface area contributed by atoms with Crippen molar-refractivity contribution in [1.29, 1.82) is 0 Å². The highest BCUT2D eigenvalue weighted by molar-refractivity contribution is 7.14. The van der Waals surface area contributed by atoms with Crippen molar-refractivity contribution in [3.8, 4) is 11.3 Å². The lowest BCUT2D eigenvalue weighted by Crippen LogP contribution is -1.96. The maximum Gasteiger partial charge on any atom is 0.183 e. The van der Waals surface area contributed by atoms with Crippen LogP contribution >= 0.6 is 34.5 Å². The Balaban J connectivity index is 2.24. The third-order valence-electron chi connectivity index (χ3n) is 2.12. The fourth-order valence-electron chi connectivity index (χ4n) is 1.30. The number of nitrogens with one attached hydrogen (secondary N) is 1. The van der Waals surface area contributed by atoms with Crippen LogP contribution in [-0.4, -0.2) is 11.5 Å². The highest BCUT2D eigenvalue weighted by Gasteiger charge is 2.06. The fraction of sp³-hybridized carbons (Fsp3) is 0.0833. The first-order valence-electron chi connectivity index (χ1n) is 4.96. The number of thiazole rings is 1. The van der Waals surface area contributed by atoms with Gasteiger partial charge in [0.25, 0.3) is 0 Å². The molecule has 0 saturated carbocycles. The molecule has 2 nitrogen and oxygen atoms in total. The molecule has 0 aliphatic carbocycles. The number of nitrogens with zero attached hydrogens (tertiary/aromatic N) is 1. The van der Waals surface area contributed by atoms with E-state index in [1.807, 2.05) is 17.5 Å². The van der Waals surface area contributed by atoms with Crippen LogP contribution in [0.5, 0.6) is 0 Å². The third kappa shape index (κ3) is 3.00. The van der Waals surface area contributed by atoms with E-state index in [1.165, 1.54) is 0 Å². The molecule has 0 fully saturated rings. The predicted octanol–water partition coefficient (Wildman–Crippen LogP) is 4.71. The lowest BCUT2D eigenvalue weighted by atomic mass is 10.2. The van der Waals surface area contributed by atoms with E-state index in [4.69, 9.17) is 23.2 Å². The zero-order chi connectivity index (χ0) is 12.3. The van der Waals surface area contributed by atoms with Gasteiger partial charge in [-0.15, -0.1) is 17.9 Å². The van der Waals surface area contributed by atoms with E-state index >= 15 is 0 Å². The van der Waals surface area contributed by atoms with E-state index in [-0.39, 0.29) is 0 Å². The second-order valence-electron chi connectivity index (χ2n) is 3.34. The maximum absolute atomic E-state index is 5.97. The highest BCUT2D eigenvalue weighted by Crippen LogP contribution is 2.30. The molecule has 0 unspecified atom stereocenters. The Morgan fingerprint density at radius 2 is 2.18 bits per heavy atom. The SMILES string of the molecule is C=CCNc1nc(-c2ccc(Cl)c(Cl)c2)cs1. The first kappa shape index (κ1) is 12.4. The summed E-state index contributed by atoms with van der Waals surface area (Å²) in [5.41, 5.74) is 1.85. The Kier molecular flexibility index (Phi) is 4.05. The van der Waals surface area contributed by atoms with Crippen LogP contribution in [0.25, 0.3) is 11.3 Å². The summed E-state index contributed by atoms with van der Waals surface area (Å²) in [5, 5.41) is 7.08. The zero-order valence-corrected chi connectivity index (χ0v) is 11.2. The summed E-state index contributed by atoms with van der Waals surface area (Å²) in [4.78, 5) is 4.45. The van der Waals surface area contributed by atoms with Crippen molar-refractivity contribution in [3.63, 3.8) is 0 Å². The van der Waals surface area contributed by atoms with E-state index in [1.54, 1.807) is 23.5 Å². The maximum atomic E-state index is 5.97. The Morgan fingerprint density at radius 1 is 1.35 bits per heavy atom. The molecule has 1 aromatic heterocycles. The van der Waals surface area contributed by atoms with Gasteiger partial charge >= 0.3 is 0 Å². The van der Waals surface area contributed by atoms with E-state index in [0.717, 1.165) is 16.4 Å².